The summed E-state index contributed by atoms with van der Waals surface area (Å²) in [4.78, 5) is 28.8. The highest BCUT2D eigenvalue weighted by atomic mass is 35.5. The summed E-state index contributed by atoms with van der Waals surface area (Å²) in [7, 11) is 0. The Morgan fingerprint density at radius 1 is 0.882 bits per heavy atom. The molecule has 4 nitrogen and oxygen atoms in total. The van der Waals surface area contributed by atoms with Crippen molar-refractivity contribution in [2.24, 2.45) is 0 Å². The van der Waals surface area contributed by atoms with Gasteiger partial charge in [0.05, 0.1) is 16.5 Å². The molecule has 0 aliphatic heterocycles. The number of halogens is 2. The molecule has 0 aliphatic carbocycles. The lowest BCUT2D eigenvalue weighted by Gasteiger charge is -2.32. The third-order valence-corrected chi connectivity index (χ3v) is 6.38. The topological polar surface area (TPSA) is 49.4 Å². The molecule has 0 saturated heterocycles. The van der Waals surface area contributed by atoms with Gasteiger partial charge in [-0.1, -0.05) is 83.9 Å². The molecule has 2 amide bonds. The Bertz CT molecular complexity index is 1130. The Hall–Kier alpha value is -2.82. The van der Waals surface area contributed by atoms with E-state index in [2.05, 4.69) is 5.32 Å². The van der Waals surface area contributed by atoms with Crippen LogP contribution in [0.25, 0.3) is 0 Å². The van der Waals surface area contributed by atoms with Crippen molar-refractivity contribution in [1.29, 1.82) is 0 Å². The van der Waals surface area contributed by atoms with Gasteiger partial charge >= 0.3 is 0 Å². The van der Waals surface area contributed by atoms with Crippen LogP contribution >= 0.6 is 23.2 Å². The molecule has 0 spiro atoms. The molecule has 1 atom stereocenters. The number of benzene rings is 3. The van der Waals surface area contributed by atoms with Crippen LogP contribution in [0.3, 0.4) is 0 Å². The summed E-state index contributed by atoms with van der Waals surface area (Å²) in [5.41, 5.74) is 3.77. The molecule has 6 heteroatoms. The molecule has 0 saturated carbocycles. The molecule has 0 aromatic heterocycles. The van der Waals surface area contributed by atoms with Gasteiger partial charge in [-0.05, 0) is 55.2 Å². The number of carbonyl (C=O) groups is 2. The standard InChI is InChI=1S/C28H30Cl2N2O2/c1-19(2)31-28(34)26(16-21-10-5-4-6-11-21)32(18-22-13-14-24(29)25(30)15-22)27(33)17-23-12-8-7-9-20(23)3/h4-15,19,26H,16-18H2,1-3H3,(H,31,34). The maximum absolute atomic E-state index is 13.7. The van der Waals surface area contributed by atoms with E-state index in [1.165, 1.54) is 0 Å². The molecular weight excluding hydrogens is 467 g/mol. The summed E-state index contributed by atoms with van der Waals surface area (Å²) < 4.78 is 0. The SMILES string of the molecule is Cc1ccccc1CC(=O)N(Cc1ccc(Cl)c(Cl)c1)C(Cc1ccccc1)C(=O)NC(C)C. The van der Waals surface area contributed by atoms with Crippen molar-refractivity contribution in [2.45, 2.75) is 52.2 Å². The zero-order chi connectivity index (χ0) is 24.7. The summed E-state index contributed by atoms with van der Waals surface area (Å²) in [6.45, 7) is 6.05. The zero-order valence-corrected chi connectivity index (χ0v) is 21.2. The van der Waals surface area contributed by atoms with Gasteiger partial charge in [-0.3, -0.25) is 9.59 Å². The van der Waals surface area contributed by atoms with Crippen molar-refractivity contribution < 1.29 is 9.59 Å². The lowest BCUT2D eigenvalue weighted by atomic mass is 10.00. The van der Waals surface area contributed by atoms with Gasteiger partial charge in [-0.15, -0.1) is 0 Å². The van der Waals surface area contributed by atoms with Crippen LogP contribution in [0.5, 0.6) is 0 Å². The van der Waals surface area contributed by atoms with E-state index in [-0.39, 0.29) is 30.8 Å². The van der Waals surface area contributed by atoms with E-state index >= 15 is 0 Å². The maximum atomic E-state index is 13.7. The van der Waals surface area contributed by atoms with Crippen LogP contribution in [0, 0.1) is 6.92 Å². The van der Waals surface area contributed by atoms with Crippen molar-refractivity contribution in [3.63, 3.8) is 0 Å². The largest absolute Gasteiger partial charge is 0.352 e. The minimum atomic E-state index is -0.684. The van der Waals surface area contributed by atoms with Gasteiger partial charge in [0.15, 0.2) is 0 Å². The van der Waals surface area contributed by atoms with E-state index in [9.17, 15) is 9.59 Å². The fourth-order valence-electron chi connectivity index (χ4n) is 3.84. The number of rotatable bonds is 9. The molecule has 0 fully saturated rings. The number of nitrogens with zero attached hydrogens (tertiary/aromatic N) is 1. The molecule has 1 unspecified atom stereocenters. The molecular formula is C28H30Cl2N2O2. The third-order valence-electron chi connectivity index (χ3n) is 5.64. The fraction of sp³-hybridized carbons (Fsp3) is 0.286. The minimum absolute atomic E-state index is 0.0518. The second-order valence-corrected chi connectivity index (χ2v) is 9.56. The number of hydrogen-bond acceptors (Lipinski definition) is 2. The number of amides is 2. The molecule has 34 heavy (non-hydrogen) atoms. The quantitative estimate of drug-likeness (QED) is 0.394. The lowest BCUT2D eigenvalue weighted by Crippen LogP contribution is -2.52. The first-order chi connectivity index (χ1) is 16.2. The lowest BCUT2D eigenvalue weighted by molar-refractivity contribution is -0.141. The summed E-state index contributed by atoms with van der Waals surface area (Å²) in [5, 5.41) is 3.86. The van der Waals surface area contributed by atoms with Crippen LogP contribution < -0.4 is 5.32 Å². The Morgan fingerprint density at radius 3 is 2.21 bits per heavy atom. The van der Waals surface area contributed by atoms with Gasteiger partial charge < -0.3 is 10.2 Å². The molecule has 3 aromatic rings. The van der Waals surface area contributed by atoms with Crippen molar-refractivity contribution in [3.8, 4) is 0 Å². The predicted octanol–water partition coefficient (Wildman–Crippen LogP) is 6.01. The van der Waals surface area contributed by atoms with Crippen molar-refractivity contribution in [3.05, 3.63) is 105 Å². The molecule has 0 bridgehead atoms. The summed E-state index contributed by atoms with van der Waals surface area (Å²) in [6, 6.07) is 22.1. The first-order valence-electron chi connectivity index (χ1n) is 11.4. The summed E-state index contributed by atoms with van der Waals surface area (Å²) >= 11 is 12.4. The molecule has 3 rings (SSSR count). The summed E-state index contributed by atoms with van der Waals surface area (Å²) in [5.74, 6) is -0.308. The van der Waals surface area contributed by atoms with E-state index in [1.54, 1.807) is 17.0 Å². The molecule has 1 N–H and O–H groups in total. The highest BCUT2D eigenvalue weighted by molar-refractivity contribution is 6.42. The average molecular weight is 497 g/mol. The fourth-order valence-corrected chi connectivity index (χ4v) is 4.16. The molecule has 3 aromatic carbocycles. The van der Waals surface area contributed by atoms with Crippen molar-refractivity contribution in [1.82, 2.24) is 10.2 Å². The second kappa shape index (κ2) is 12.0. The number of aryl methyl sites for hydroxylation is 1. The normalized spacial score (nSPS) is 11.8. The van der Waals surface area contributed by atoms with Crippen LogP contribution in [0.1, 0.15) is 36.1 Å². The van der Waals surface area contributed by atoms with Gasteiger partial charge in [-0.25, -0.2) is 0 Å². The maximum Gasteiger partial charge on any atom is 0.243 e. The minimum Gasteiger partial charge on any atom is -0.352 e. The Labute approximate surface area is 211 Å². The number of nitrogens with one attached hydrogen (secondary N) is 1. The van der Waals surface area contributed by atoms with Crippen LogP contribution in [-0.4, -0.2) is 28.8 Å². The van der Waals surface area contributed by atoms with E-state index in [4.69, 9.17) is 23.2 Å². The highest BCUT2D eigenvalue weighted by Crippen LogP contribution is 2.25. The van der Waals surface area contributed by atoms with Gasteiger partial charge in [0.25, 0.3) is 0 Å². The van der Waals surface area contributed by atoms with E-state index in [1.807, 2.05) is 81.4 Å². The molecule has 0 heterocycles. The van der Waals surface area contributed by atoms with Gasteiger partial charge in [0, 0.05) is 19.0 Å². The Morgan fingerprint density at radius 2 is 1.56 bits per heavy atom. The van der Waals surface area contributed by atoms with Crippen molar-refractivity contribution >= 4 is 35.0 Å². The zero-order valence-electron chi connectivity index (χ0n) is 19.7. The number of carbonyl (C=O) groups excluding carboxylic acids is 2. The first kappa shape index (κ1) is 25.8. The van der Waals surface area contributed by atoms with Gasteiger partial charge in [0.2, 0.25) is 11.8 Å². The molecule has 0 aliphatic rings. The van der Waals surface area contributed by atoms with E-state index in [0.29, 0.717) is 16.5 Å². The third kappa shape index (κ3) is 7.09. The summed E-state index contributed by atoms with van der Waals surface area (Å²) in [6.07, 6.45) is 0.606. The van der Waals surface area contributed by atoms with Crippen LogP contribution in [-0.2, 0) is 29.0 Å². The van der Waals surface area contributed by atoms with Crippen LogP contribution in [0.15, 0.2) is 72.8 Å². The van der Waals surface area contributed by atoms with Gasteiger partial charge in [-0.2, -0.15) is 0 Å². The Kier molecular flexibility index (Phi) is 9.14. The number of hydrogen-bond donors (Lipinski definition) is 1. The Balaban J connectivity index is 2.00. The highest BCUT2D eigenvalue weighted by Gasteiger charge is 2.31. The monoisotopic (exact) mass is 496 g/mol. The smallest absolute Gasteiger partial charge is 0.243 e. The van der Waals surface area contributed by atoms with Crippen LogP contribution in [0.4, 0.5) is 0 Å². The van der Waals surface area contributed by atoms with Crippen LogP contribution in [0.2, 0.25) is 10.0 Å². The molecule has 0 radical (unpaired) electrons. The van der Waals surface area contributed by atoms with E-state index < -0.39 is 6.04 Å². The van der Waals surface area contributed by atoms with E-state index in [0.717, 1.165) is 22.3 Å². The predicted molar refractivity (Wildman–Crippen MR) is 139 cm³/mol. The second-order valence-electron chi connectivity index (χ2n) is 8.74. The van der Waals surface area contributed by atoms with Gasteiger partial charge in [0.1, 0.15) is 6.04 Å². The van der Waals surface area contributed by atoms with Crippen molar-refractivity contribution in [2.75, 3.05) is 0 Å². The first-order valence-corrected chi connectivity index (χ1v) is 12.1. The average Bonchev–Trinajstić information content (AvgIpc) is 2.80. The molecule has 178 valence electrons.